The highest BCUT2D eigenvalue weighted by Gasteiger charge is 2.37. The average Bonchev–Trinajstić information content (AvgIpc) is 2.53. The molecule has 0 spiro atoms. The standard InChI is InChI=1S/C20H29NO4/c1-20(2,3)25-15-8-6-14-7-9-17-19(16(14)13-15)24-12-11-21(17)10-4-5-18(22)23/h6,8,13,17,19H,4-5,7,9-12H2,1-3H3,(H,22,23). The highest BCUT2D eigenvalue weighted by Crippen LogP contribution is 2.39. The molecule has 2 unspecified atom stereocenters. The van der Waals surface area contributed by atoms with E-state index in [9.17, 15) is 4.79 Å². The third-order valence-electron chi connectivity index (χ3n) is 4.89. The van der Waals surface area contributed by atoms with E-state index in [1.807, 2.05) is 0 Å². The van der Waals surface area contributed by atoms with Crippen LogP contribution in [0.4, 0.5) is 0 Å². The molecule has 1 saturated heterocycles. The maximum Gasteiger partial charge on any atom is 0.303 e. The predicted molar refractivity (Wildman–Crippen MR) is 96.1 cm³/mol. The number of nitrogens with zero attached hydrogens (tertiary/aromatic N) is 1. The minimum Gasteiger partial charge on any atom is -0.488 e. The zero-order chi connectivity index (χ0) is 18.0. The molecule has 1 aromatic carbocycles. The summed E-state index contributed by atoms with van der Waals surface area (Å²) in [5.74, 6) is 0.168. The Balaban J connectivity index is 1.75. The molecule has 1 heterocycles. The number of benzene rings is 1. The van der Waals surface area contributed by atoms with Gasteiger partial charge in [0.15, 0.2) is 0 Å². The van der Waals surface area contributed by atoms with Crippen LogP contribution >= 0.6 is 0 Å². The van der Waals surface area contributed by atoms with Crippen molar-refractivity contribution in [3.63, 3.8) is 0 Å². The van der Waals surface area contributed by atoms with Crippen molar-refractivity contribution in [2.24, 2.45) is 0 Å². The van der Waals surface area contributed by atoms with Crippen LogP contribution in [0.2, 0.25) is 0 Å². The Morgan fingerprint density at radius 2 is 2.20 bits per heavy atom. The first-order chi connectivity index (χ1) is 11.8. The van der Waals surface area contributed by atoms with Crippen LogP contribution < -0.4 is 4.74 Å². The van der Waals surface area contributed by atoms with E-state index < -0.39 is 5.97 Å². The van der Waals surface area contributed by atoms with E-state index in [2.05, 4.69) is 43.9 Å². The van der Waals surface area contributed by atoms with Crippen molar-refractivity contribution in [2.75, 3.05) is 19.7 Å². The topological polar surface area (TPSA) is 59.0 Å². The van der Waals surface area contributed by atoms with Crippen molar-refractivity contribution < 1.29 is 19.4 Å². The maximum absolute atomic E-state index is 10.8. The molecular weight excluding hydrogens is 318 g/mol. The normalized spacial score (nSPS) is 23.6. The highest BCUT2D eigenvalue weighted by molar-refractivity contribution is 5.66. The van der Waals surface area contributed by atoms with Crippen LogP contribution in [0.3, 0.4) is 0 Å². The Hall–Kier alpha value is -1.59. The van der Waals surface area contributed by atoms with Gasteiger partial charge in [-0.05, 0) is 69.8 Å². The second-order valence-corrected chi connectivity index (χ2v) is 8.01. The number of rotatable bonds is 5. The first-order valence-corrected chi connectivity index (χ1v) is 9.23. The third-order valence-corrected chi connectivity index (χ3v) is 4.89. The monoisotopic (exact) mass is 347 g/mol. The van der Waals surface area contributed by atoms with Crippen LogP contribution in [0.5, 0.6) is 5.75 Å². The lowest BCUT2D eigenvalue weighted by Gasteiger charge is -2.44. The molecule has 3 rings (SSSR count). The van der Waals surface area contributed by atoms with Crippen molar-refractivity contribution in [3.8, 4) is 5.75 Å². The second-order valence-electron chi connectivity index (χ2n) is 8.01. The van der Waals surface area contributed by atoms with Gasteiger partial charge < -0.3 is 14.6 Å². The summed E-state index contributed by atoms with van der Waals surface area (Å²) in [6.45, 7) is 8.56. The predicted octanol–water partition coefficient (Wildman–Crippen LogP) is 3.42. The number of carboxylic acids is 1. The van der Waals surface area contributed by atoms with Crippen molar-refractivity contribution in [1.29, 1.82) is 0 Å². The van der Waals surface area contributed by atoms with E-state index in [0.717, 1.165) is 31.7 Å². The fraction of sp³-hybridized carbons (Fsp3) is 0.650. The molecule has 5 heteroatoms. The Labute approximate surface area is 149 Å². The van der Waals surface area contributed by atoms with Crippen LogP contribution in [0.1, 0.15) is 57.3 Å². The molecule has 1 aliphatic carbocycles. The molecule has 1 N–H and O–H groups in total. The first kappa shape index (κ1) is 18.2. The molecule has 2 aliphatic rings. The number of hydrogen-bond acceptors (Lipinski definition) is 4. The molecule has 0 bridgehead atoms. The molecule has 0 saturated carbocycles. The molecule has 1 aliphatic heterocycles. The van der Waals surface area contributed by atoms with Gasteiger partial charge in [0.05, 0.1) is 12.7 Å². The van der Waals surface area contributed by atoms with E-state index in [1.165, 1.54) is 11.1 Å². The number of carbonyl (C=O) groups is 1. The van der Waals surface area contributed by atoms with E-state index in [1.54, 1.807) is 0 Å². The van der Waals surface area contributed by atoms with Crippen LogP contribution in [-0.2, 0) is 16.0 Å². The van der Waals surface area contributed by atoms with Crippen LogP contribution in [0, 0.1) is 0 Å². The lowest BCUT2D eigenvalue weighted by Crippen LogP contribution is -2.49. The van der Waals surface area contributed by atoms with Crippen LogP contribution in [-0.4, -0.2) is 47.3 Å². The molecule has 138 valence electrons. The Kier molecular flexibility index (Phi) is 5.35. The maximum atomic E-state index is 10.8. The SMILES string of the molecule is CC(C)(C)Oc1ccc2c(c1)C1OCCN(CCCC(=O)O)C1CC2. The molecule has 1 fully saturated rings. The minimum atomic E-state index is -0.720. The van der Waals surface area contributed by atoms with Gasteiger partial charge in [-0.3, -0.25) is 9.69 Å². The number of fused-ring (bicyclic) bond motifs is 3. The lowest BCUT2D eigenvalue weighted by atomic mass is 9.84. The smallest absolute Gasteiger partial charge is 0.303 e. The summed E-state index contributed by atoms with van der Waals surface area (Å²) in [6, 6.07) is 6.69. The van der Waals surface area contributed by atoms with Gasteiger partial charge in [-0.1, -0.05) is 6.07 Å². The quantitative estimate of drug-likeness (QED) is 0.884. The van der Waals surface area contributed by atoms with Crippen molar-refractivity contribution >= 4 is 5.97 Å². The summed E-state index contributed by atoms with van der Waals surface area (Å²) < 4.78 is 12.2. The van der Waals surface area contributed by atoms with Gasteiger partial charge in [-0.15, -0.1) is 0 Å². The number of ether oxygens (including phenoxy) is 2. The molecule has 5 nitrogen and oxygen atoms in total. The number of morpholine rings is 1. The summed E-state index contributed by atoms with van der Waals surface area (Å²) in [5.41, 5.74) is 2.36. The summed E-state index contributed by atoms with van der Waals surface area (Å²) in [7, 11) is 0. The van der Waals surface area contributed by atoms with Crippen molar-refractivity contribution in [3.05, 3.63) is 29.3 Å². The zero-order valence-corrected chi connectivity index (χ0v) is 15.5. The number of hydrogen-bond donors (Lipinski definition) is 1. The molecule has 25 heavy (non-hydrogen) atoms. The summed E-state index contributed by atoms with van der Waals surface area (Å²) in [6.07, 6.45) is 3.08. The lowest BCUT2D eigenvalue weighted by molar-refractivity contribution is -0.137. The molecule has 0 amide bonds. The van der Waals surface area contributed by atoms with Crippen molar-refractivity contribution in [1.82, 2.24) is 4.90 Å². The third kappa shape index (κ3) is 4.53. The summed E-state index contributed by atoms with van der Waals surface area (Å²) >= 11 is 0. The Morgan fingerprint density at radius 1 is 1.40 bits per heavy atom. The molecule has 0 aromatic heterocycles. The number of aryl methyl sites for hydroxylation is 1. The first-order valence-electron chi connectivity index (χ1n) is 9.23. The van der Waals surface area contributed by atoms with Gasteiger partial charge in [0, 0.05) is 19.0 Å². The fourth-order valence-electron chi connectivity index (χ4n) is 3.89. The number of aliphatic carboxylic acids is 1. The fourth-order valence-corrected chi connectivity index (χ4v) is 3.89. The molecular formula is C20H29NO4. The molecule has 0 radical (unpaired) electrons. The van der Waals surface area contributed by atoms with Crippen molar-refractivity contribution in [2.45, 2.75) is 64.2 Å². The largest absolute Gasteiger partial charge is 0.488 e. The van der Waals surface area contributed by atoms with Gasteiger partial charge in [0.25, 0.3) is 0 Å². The molecule has 1 aromatic rings. The van der Waals surface area contributed by atoms with E-state index in [4.69, 9.17) is 14.6 Å². The van der Waals surface area contributed by atoms with Crippen LogP contribution in [0.15, 0.2) is 18.2 Å². The Morgan fingerprint density at radius 3 is 2.92 bits per heavy atom. The molecule has 2 atom stereocenters. The van der Waals surface area contributed by atoms with Crippen LogP contribution in [0.25, 0.3) is 0 Å². The van der Waals surface area contributed by atoms with Gasteiger partial charge in [0.1, 0.15) is 11.4 Å². The van der Waals surface area contributed by atoms with Gasteiger partial charge in [-0.25, -0.2) is 0 Å². The van der Waals surface area contributed by atoms with E-state index in [-0.39, 0.29) is 18.1 Å². The van der Waals surface area contributed by atoms with Gasteiger partial charge >= 0.3 is 5.97 Å². The van der Waals surface area contributed by atoms with Gasteiger partial charge in [0.2, 0.25) is 0 Å². The zero-order valence-electron chi connectivity index (χ0n) is 15.5. The minimum absolute atomic E-state index is 0.0610. The summed E-state index contributed by atoms with van der Waals surface area (Å²) in [5, 5.41) is 8.87. The Bertz CT molecular complexity index is 623. The van der Waals surface area contributed by atoms with E-state index >= 15 is 0 Å². The second kappa shape index (κ2) is 7.34. The average molecular weight is 347 g/mol. The number of carboxylic acid groups (broad SMARTS) is 1. The van der Waals surface area contributed by atoms with Gasteiger partial charge in [-0.2, -0.15) is 0 Å². The summed E-state index contributed by atoms with van der Waals surface area (Å²) in [4.78, 5) is 13.2. The van der Waals surface area contributed by atoms with E-state index in [0.29, 0.717) is 19.1 Å². The highest BCUT2D eigenvalue weighted by atomic mass is 16.5.